The van der Waals surface area contributed by atoms with Crippen molar-refractivity contribution in [3.05, 3.63) is 0 Å². The number of β-amino-alcohol motifs (C(OH)–C–C–N with tert-alkyl or cyclic N) is 1. The zero-order valence-electron chi connectivity index (χ0n) is 10.3. The first-order valence-corrected chi connectivity index (χ1v) is 5.94. The lowest BCUT2D eigenvalue weighted by atomic mass is 10.0. The number of carbonyl (C=O) groups is 1. The van der Waals surface area contributed by atoms with Crippen LogP contribution in [0.15, 0.2) is 0 Å². The lowest BCUT2D eigenvalue weighted by Crippen LogP contribution is -2.44. The van der Waals surface area contributed by atoms with E-state index in [1.807, 2.05) is 18.9 Å². The first-order valence-electron chi connectivity index (χ1n) is 5.94. The lowest BCUT2D eigenvalue weighted by Gasteiger charge is -2.27. The van der Waals surface area contributed by atoms with Crippen LogP contribution in [-0.2, 0) is 4.79 Å². The molecule has 1 amide bonds. The Morgan fingerprint density at radius 1 is 1.62 bits per heavy atom. The van der Waals surface area contributed by atoms with E-state index in [-0.39, 0.29) is 5.91 Å². The van der Waals surface area contributed by atoms with Gasteiger partial charge in [-0.1, -0.05) is 0 Å². The Bertz CT molecular complexity index is 227. The lowest BCUT2D eigenvalue weighted by molar-refractivity contribution is -0.121. The first kappa shape index (κ1) is 13.4. The van der Waals surface area contributed by atoms with E-state index < -0.39 is 5.60 Å². The first-order chi connectivity index (χ1) is 7.56. The van der Waals surface area contributed by atoms with Crippen LogP contribution in [0.25, 0.3) is 0 Å². The summed E-state index contributed by atoms with van der Waals surface area (Å²) in [7, 11) is 1.94. The Kier molecular flexibility index (Phi) is 5.18. The second kappa shape index (κ2) is 6.18. The van der Waals surface area contributed by atoms with Crippen LogP contribution in [0.4, 0.5) is 0 Å². The third kappa shape index (κ3) is 4.47. The van der Waals surface area contributed by atoms with Crippen molar-refractivity contribution in [2.24, 2.45) is 0 Å². The highest BCUT2D eigenvalue weighted by molar-refractivity contribution is 5.75. The van der Waals surface area contributed by atoms with Gasteiger partial charge in [-0.05, 0) is 26.9 Å². The van der Waals surface area contributed by atoms with Gasteiger partial charge in [0, 0.05) is 32.6 Å². The summed E-state index contributed by atoms with van der Waals surface area (Å²) in [4.78, 5) is 13.3. The summed E-state index contributed by atoms with van der Waals surface area (Å²) in [6.45, 7) is 5.43. The van der Waals surface area contributed by atoms with E-state index >= 15 is 0 Å². The van der Waals surface area contributed by atoms with Crippen molar-refractivity contribution in [3.63, 3.8) is 0 Å². The average Bonchev–Trinajstić information content (AvgIpc) is 2.62. The van der Waals surface area contributed by atoms with E-state index in [1.54, 1.807) is 0 Å². The Balaban J connectivity index is 2.19. The summed E-state index contributed by atoms with van der Waals surface area (Å²) < 4.78 is 0. The van der Waals surface area contributed by atoms with Crippen LogP contribution in [0.5, 0.6) is 0 Å². The van der Waals surface area contributed by atoms with Gasteiger partial charge in [0.1, 0.15) is 0 Å². The molecule has 0 bridgehead atoms. The summed E-state index contributed by atoms with van der Waals surface area (Å²) in [6.07, 6.45) is 1.28. The van der Waals surface area contributed by atoms with Gasteiger partial charge in [0.25, 0.3) is 0 Å². The molecule has 5 nitrogen and oxygen atoms in total. The molecule has 1 unspecified atom stereocenters. The molecule has 1 rings (SSSR count). The molecule has 5 heteroatoms. The van der Waals surface area contributed by atoms with Gasteiger partial charge in [0.05, 0.1) is 5.60 Å². The molecule has 1 aliphatic heterocycles. The van der Waals surface area contributed by atoms with Crippen LogP contribution in [0, 0.1) is 0 Å². The molecule has 1 aliphatic rings. The molecule has 0 spiro atoms. The Morgan fingerprint density at radius 3 is 2.94 bits per heavy atom. The van der Waals surface area contributed by atoms with Crippen molar-refractivity contribution >= 4 is 5.91 Å². The zero-order chi connectivity index (χ0) is 12.0. The summed E-state index contributed by atoms with van der Waals surface area (Å²) in [5.41, 5.74) is -0.615. The smallest absolute Gasteiger partial charge is 0.221 e. The zero-order valence-corrected chi connectivity index (χ0v) is 10.3. The molecule has 0 aromatic carbocycles. The molecule has 1 heterocycles. The van der Waals surface area contributed by atoms with Crippen LogP contribution >= 0.6 is 0 Å². The molecule has 0 radical (unpaired) electrons. The van der Waals surface area contributed by atoms with Crippen molar-refractivity contribution in [2.75, 3.05) is 39.8 Å². The average molecular weight is 229 g/mol. The van der Waals surface area contributed by atoms with Crippen molar-refractivity contribution in [1.29, 1.82) is 0 Å². The molecule has 0 saturated carbocycles. The normalized spacial score (nSPS) is 25.0. The number of aliphatic hydroxyl groups is 1. The van der Waals surface area contributed by atoms with Gasteiger partial charge in [0.15, 0.2) is 0 Å². The molecule has 1 saturated heterocycles. The summed E-state index contributed by atoms with van der Waals surface area (Å²) in [5, 5.41) is 16.0. The van der Waals surface area contributed by atoms with Crippen LogP contribution in [0.3, 0.4) is 0 Å². The summed E-state index contributed by atoms with van der Waals surface area (Å²) in [6, 6.07) is 0. The number of nitrogens with one attached hydrogen (secondary N) is 2. The molecule has 16 heavy (non-hydrogen) atoms. The molecule has 0 aromatic rings. The largest absolute Gasteiger partial charge is 0.387 e. The van der Waals surface area contributed by atoms with Crippen LogP contribution in [0.1, 0.15) is 19.8 Å². The van der Waals surface area contributed by atoms with Gasteiger partial charge in [-0.3, -0.25) is 4.79 Å². The van der Waals surface area contributed by atoms with Gasteiger partial charge < -0.3 is 20.6 Å². The number of hydrogen-bond acceptors (Lipinski definition) is 4. The number of rotatable bonds is 6. The van der Waals surface area contributed by atoms with Gasteiger partial charge in [-0.25, -0.2) is 0 Å². The predicted octanol–water partition coefficient (Wildman–Crippen LogP) is -0.831. The minimum atomic E-state index is -0.615. The van der Waals surface area contributed by atoms with E-state index in [0.717, 1.165) is 13.0 Å². The number of carbonyl (C=O) groups excluding carboxylic acids is 1. The van der Waals surface area contributed by atoms with E-state index in [2.05, 4.69) is 10.6 Å². The Labute approximate surface area is 97.2 Å². The highest BCUT2D eigenvalue weighted by atomic mass is 16.3. The third-order valence-corrected chi connectivity index (χ3v) is 2.88. The van der Waals surface area contributed by atoms with Gasteiger partial charge in [0.2, 0.25) is 5.91 Å². The molecule has 1 fully saturated rings. The van der Waals surface area contributed by atoms with Crippen molar-refractivity contribution in [2.45, 2.75) is 25.4 Å². The van der Waals surface area contributed by atoms with E-state index in [0.29, 0.717) is 32.6 Å². The minimum absolute atomic E-state index is 0.0749. The second-order valence-corrected chi connectivity index (χ2v) is 4.59. The fourth-order valence-electron chi connectivity index (χ4n) is 2.02. The monoisotopic (exact) mass is 229 g/mol. The maximum atomic E-state index is 11.3. The van der Waals surface area contributed by atoms with Gasteiger partial charge >= 0.3 is 0 Å². The maximum Gasteiger partial charge on any atom is 0.221 e. The molecule has 94 valence electrons. The van der Waals surface area contributed by atoms with Crippen molar-refractivity contribution in [3.8, 4) is 0 Å². The molecule has 3 N–H and O–H groups in total. The third-order valence-electron chi connectivity index (χ3n) is 2.88. The van der Waals surface area contributed by atoms with Crippen LogP contribution in [-0.4, -0.2) is 61.3 Å². The molecule has 1 atom stereocenters. The Hall–Kier alpha value is -0.650. The molecular weight excluding hydrogens is 206 g/mol. The topological polar surface area (TPSA) is 64.6 Å². The SMILES string of the molecule is CCNC(=O)CCN(C)CC1(O)CCNC1. The van der Waals surface area contributed by atoms with Crippen LogP contribution < -0.4 is 10.6 Å². The standard InChI is InChI=1S/C11H23N3O2/c1-3-13-10(15)4-7-14(2)9-11(16)5-6-12-8-11/h12,16H,3-9H2,1-2H3,(H,13,15). The molecule has 0 aromatic heterocycles. The number of likely N-dealkylation sites (N-methyl/N-ethyl adjacent to an activating group) is 1. The summed E-state index contributed by atoms with van der Waals surface area (Å²) >= 11 is 0. The number of nitrogens with zero attached hydrogens (tertiary/aromatic N) is 1. The van der Waals surface area contributed by atoms with Gasteiger partial charge in [-0.15, -0.1) is 0 Å². The fourth-order valence-corrected chi connectivity index (χ4v) is 2.02. The summed E-state index contributed by atoms with van der Waals surface area (Å²) in [5.74, 6) is 0.0749. The Morgan fingerprint density at radius 2 is 2.38 bits per heavy atom. The van der Waals surface area contributed by atoms with Crippen molar-refractivity contribution < 1.29 is 9.90 Å². The highest BCUT2D eigenvalue weighted by Crippen LogP contribution is 2.15. The number of amides is 1. The molecule has 0 aliphatic carbocycles. The number of hydrogen-bond donors (Lipinski definition) is 3. The van der Waals surface area contributed by atoms with Crippen LogP contribution in [0.2, 0.25) is 0 Å². The minimum Gasteiger partial charge on any atom is -0.387 e. The highest BCUT2D eigenvalue weighted by Gasteiger charge is 2.31. The maximum absolute atomic E-state index is 11.3. The van der Waals surface area contributed by atoms with E-state index in [1.165, 1.54) is 0 Å². The van der Waals surface area contributed by atoms with Crippen molar-refractivity contribution in [1.82, 2.24) is 15.5 Å². The van der Waals surface area contributed by atoms with Gasteiger partial charge in [-0.2, -0.15) is 0 Å². The van der Waals surface area contributed by atoms with E-state index in [9.17, 15) is 9.90 Å². The quantitative estimate of drug-likeness (QED) is 0.556. The fraction of sp³-hybridized carbons (Fsp3) is 0.909. The van der Waals surface area contributed by atoms with E-state index in [4.69, 9.17) is 0 Å². The molecular formula is C11H23N3O2. The predicted molar refractivity (Wildman–Crippen MR) is 63.2 cm³/mol. The second-order valence-electron chi connectivity index (χ2n) is 4.59.